The van der Waals surface area contributed by atoms with Gasteiger partial charge < -0.3 is 14.8 Å². The van der Waals surface area contributed by atoms with E-state index in [-0.39, 0.29) is 18.6 Å². The van der Waals surface area contributed by atoms with Gasteiger partial charge in [0.05, 0.1) is 39.5 Å². The van der Waals surface area contributed by atoms with Crippen LogP contribution in [0.2, 0.25) is 0 Å². The zero-order chi connectivity index (χ0) is 20.6. The van der Waals surface area contributed by atoms with Gasteiger partial charge in [-0.1, -0.05) is 24.3 Å². The van der Waals surface area contributed by atoms with Gasteiger partial charge in [-0.3, -0.25) is 9.59 Å². The number of fused-ring (bicyclic) bond motifs is 1. The molecule has 1 N–H and O–H groups in total. The molecule has 0 saturated heterocycles. The quantitative estimate of drug-likeness (QED) is 0.568. The van der Waals surface area contributed by atoms with Crippen molar-refractivity contribution in [2.24, 2.45) is 0 Å². The van der Waals surface area contributed by atoms with Crippen molar-refractivity contribution in [3.8, 4) is 0 Å². The summed E-state index contributed by atoms with van der Waals surface area (Å²) in [6, 6.07) is 14.2. The van der Waals surface area contributed by atoms with E-state index in [0.717, 1.165) is 15.2 Å². The number of carbonyl (C=O) groups is 3. The number of anilines is 1. The zero-order valence-electron chi connectivity index (χ0n) is 15.8. The Kier molecular flexibility index (Phi) is 6.91. The summed E-state index contributed by atoms with van der Waals surface area (Å²) in [6.45, 7) is 1.50. The molecule has 1 aromatic heterocycles. The third kappa shape index (κ3) is 5.61. The molecule has 1 amide bonds. The van der Waals surface area contributed by atoms with Crippen molar-refractivity contribution in [2.75, 3.05) is 18.5 Å². The van der Waals surface area contributed by atoms with Crippen LogP contribution in [-0.2, 0) is 25.5 Å². The Morgan fingerprint density at radius 1 is 1.03 bits per heavy atom. The molecule has 0 fully saturated rings. The maximum absolute atomic E-state index is 12.1. The van der Waals surface area contributed by atoms with Crippen molar-refractivity contribution >= 4 is 45.1 Å². The SMILES string of the molecule is CCOC(=O)c1ccccc1NC(=O)COC(=O)CCc1nc2ccccc2s1. The smallest absolute Gasteiger partial charge is 0.340 e. The number of nitrogens with one attached hydrogen (secondary N) is 1. The molecule has 2 aromatic carbocycles. The Bertz CT molecular complexity index is 998. The number of nitrogens with zero attached hydrogens (tertiary/aromatic N) is 1. The number of amides is 1. The number of aromatic nitrogens is 1. The highest BCUT2D eigenvalue weighted by molar-refractivity contribution is 7.18. The van der Waals surface area contributed by atoms with Gasteiger partial charge in [0.15, 0.2) is 6.61 Å². The number of ether oxygens (including phenoxy) is 2. The molecule has 0 aliphatic carbocycles. The topological polar surface area (TPSA) is 94.6 Å². The Morgan fingerprint density at radius 3 is 2.59 bits per heavy atom. The van der Waals surface area contributed by atoms with Crippen molar-refractivity contribution < 1.29 is 23.9 Å². The lowest BCUT2D eigenvalue weighted by Gasteiger charge is -2.10. The van der Waals surface area contributed by atoms with Crippen LogP contribution in [0.4, 0.5) is 5.69 Å². The van der Waals surface area contributed by atoms with E-state index < -0.39 is 24.5 Å². The first kappa shape index (κ1) is 20.5. The molecule has 8 heteroatoms. The van der Waals surface area contributed by atoms with Gasteiger partial charge >= 0.3 is 11.9 Å². The van der Waals surface area contributed by atoms with Gasteiger partial charge in [0.25, 0.3) is 5.91 Å². The molecule has 0 saturated carbocycles. The van der Waals surface area contributed by atoms with Crippen LogP contribution in [0.3, 0.4) is 0 Å². The van der Waals surface area contributed by atoms with E-state index in [1.807, 2.05) is 24.3 Å². The highest BCUT2D eigenvalue weighted by atomic mass is 32.1. The van der Waals surface area contributed by atoms with Crippen LogP contribution in [-0.4, -0.2) is 36.0 Å². The van der Waals surface area contributed by atoms with Crippen LogP contribution >= 0.6 is 11.3 Å². The van der Waals surface area contributed by atoms with Crippen LogP contribution in [0.25, 0.3) is 10.2 Å². The minimum atomic E-state index is -0.532. The van der Waals surface area contributed by atoms with Gasteiger partial charge in [0, 0.05) is 6.42 Å². The first-order chi connectivity index (χ1) is 14.1. The van der Waals surface area contributed by atoms with Crippen molar-refractivity contribution in [2.45, 2.75) is 19.8 Å². The fourth-order valence-electron chi connectivity index (χ4n) is 2.62. The number of para-hydroxylation sites is 2. The summed E-state index contributed by atoms with van der Waals surface area (Å²) in [4.78, 5) is 40.4. The van der Waals surface area contributed by atoms with Gasteiger partial charge in [-0.05, 0) is 31.2 Å². The highest BCUT2D eigenvalue weighted by Gasteiger charge is 2.15. The number of hydrogen-bond acceptors (Lipinski definition) is 7. The minimum Gasteiger partial charge on any atom is -0.462 e. The summed E-state index contributed by atoms with van der Waals surface area (Å²) >= 11 is 1.53. The molecule has 1 heterocycles. The first-order valence-corrected chi connectivity index (χ1v) is 9.94. The Balaban J connectivity index is 1.48. The van der Waals surface area contributed by atoms with E-state index in [9.17, 15) is 14.4 Å². The van der Waals surface area contributed by atoms with E-state index in [2.05, 4.69) is 10.3 Å². The van der Waals surface area contributed by atoms with Gasteiger partial charge in [-0.2, -0.15) is 0 Å². The third-order valence-corrected chi connectivity index (χ3v) is 5.04. The molecule has 0 radical (unpaired) electrons. The van der Waals surface area contributed by atoms with E-state index in [1.165, 1.54) is 11.3 Å². The maximum Gasteiger partial charge on any atom is 0.340 e. The summed E-state index contributed by atoms with van der Waals surface area (Å²) in [6.07, 6.45) is 0.581. The molecule has 0 aliphatic heterocycles. The lowest BCUT2D eigenvalue weighted by atomic mass is 10.2. The summed E-state index contributed by atoms with van der Waals surface area (Å²) in [7, 11) is 0. The normalized spacial score (nSPS) is 10.5. The molecule has 0 spiro atoms. The molecule has 0 bridgehead atoms. The molecular weight excluding hydrogens is 392 g/mol. The summed E-state index contributed by atoms with van der Waals surface area (Å²) in [5, 5.41) is 3.41. The summed E-state index contributed by atoms with van der Waals surface area (Å²) in [5.74, 6) is -1.55. The number of hydrogen-bond donors (Lipinski definition) is 1. The number of carbonyl (C=O) groups excluding carboxylic acids is 3. The van der Waals surface area contributed by atoms with Gasteiger partial charge in [0.1, 0.15) is 0 Å². The molecule has 0 atom stereocenters. The van der Waals surface area contributed by atoms with Gasteiger partial charge in [-0.25, -0.2) is 9.78 Å². The fourth-order valence-corrected chi connectivity index (χ4v) is 3.59. The minimum absolute atomic E-state index is 0.131. The summed E-state index contributed by atoms with van der Waals surface area (Å²) < 4.78 is 11.1. The van der Waals surface area contributed by atoms with Crippen LogP contribution in [0.5, 0.6) is 0 Å². The zero-order valence-corrected chi connectivity index (χ0v) is 16.7. The van der Waals surface area contributed by atoms with Crippen LogP contribution in [0.15, 0.2) is 48.5 Å². The highest BCUT2D eigenvalue weighted by Crippen LogP contribution is 2.22. The molecule has 150 valence electrons. The van der Waals surface area contributed by atoms with Crippen molar-refractivity contribution in [1.82, 2.24) is 4.98 Å². The molecule has 0 aliphatic rings. The van der Waals surface area contributed by atoms with Crippen LogP contribution in [0, 0.1) is 0 Å². The van der Waals surface area contributed by atoms with Crippen molar-refractivity contribution in [3.05, 3.63) is 59.1 Å². The maximum atomic E-state index is 12.1. The molecule has 7 nitrogen and oxygen atoms in total. The lowest BCUT2D eigenvalue weighted by Crippen LogP contribution is -2.22. The average Bonchev–Trinajstić information content (AvgIpc) is 3.14. The number of esters is 2. The van der Waals surface area contributed by atoms with Gasteiger partial charge in [0.2, 0.25) is 0 Å². The second kappa shape index (κ2) is 9.79. The molecule has 0 unspecified atom stereocenters. The standard InChI is InChI=1S/C21H20N2O5S/c1-2-27-21(26)14-7-3-4-8-15(14)22-18(24)13-28-20(25)12-11-19-23-16-9-5-6-10-17(16)29-19/h3-10H,2,11-13H2,1H3,(H,22,24). The second-order valence-corrected chi connectivity index (χ2v) is 7.17. The fraction of sp³-hybridized carbons (Fsp3) is 0.238. The number of aryl methyl sites for hydroxylation is 1. The monoisotopic (exact) mass is 412 g/mol. The third-order valence-electron chi connectivity index (χ3n) is 3.94. The second-order valence-electron chi connectivity index (χ2n) is 6.05. The van der Waals surface area contributed by atoms with E-state index in [1.54, 1.807) is 31.2 Å². The molecule has 3 rings (SSSR count). The number of thiazole rings is 1. The van der Waals surface area contributed by atoms with Crippen LogP contribution in [0.1, 0.15) is 28.7 Å². The van der Waals surface area contributed by atoms with E-state index in [0.29, 0.717) is 12.1 Å². The lowest BCUT2D eigenvalue weighted by molar-refractivity contribution is -0.147. The van der Waals surface area contributed by atoms with Crippen molar-refractivity contribution in [1.29, 1.82) is 0 Å². The largest absolute Gasteiger partial charge is 0.462 e. The van der Waals surface area contributed by atoms with Crippen molar-refractivity contribution in [3.63, 3.8) is 0 Å². The summed E-state index contributed by atoms with van der Waals surface area (Å²) in [5.41, 5.74) is 1.45. The predicted molar refractivity (Wildman–Crippen MR) is 110 cm³/mol. The van der Waals surface area contributed by atoms with Gasteiger partial charge in [-0.15, -0.1) is 11.3 Å². The molecular formula is C21H20N2O5S. The Morgan fingerprint density at radius 2 is 1.79 bits per heavy atom. The Labute approximate surface area is 171 Å². The first-order valence-electron chi connectivity index (χ1n) is 9.13. The van der Waals surface area contributed by atoms with E-state index in [4.69, 9.17) is 9.47 Å². The van der Waals surface area contributed by atoms with Crippen LogP contribution < -0.4 is 5.32 Å². The molecule has 29 heavy (non-hydrogen) atoms. The Hall–Kier alpha value is -3.26. The number of benzene rings is 2. The predicted octanol–water partition coefficient (Wildman–Crippen LogP) is 3.59. The van der Waals surface area contributed by atoms with E-state index >= 15 is 0 Å². The average molecular weight is 412 g/mol. The molecule has 3 aromatic rings. The number of rotatable bonds is 8.